The SMILES string of the molecule is CN1CCN(c2cc(-c3ccc4c(c3)CN(C(=O)NC3(C(F)(F)F)CC3I)CC4)nc(N)n2)CC1. The maximum absolute atomic E-state index is 13.5. The Morgan fingerprint density at radius 1 is 1.14 bits per heavy atom. The first kappa shape index (κ1) is 24.3. The van der Waals surface area contributed by atoms with Gasteiger partial charge in [-0.05, 0) is 37.1 Å². The molecule has 2 aliphatic heterocycles. The Balaban J connectivity index is 1.35. The van der Waals surface area contributed by atoms with E-state index in [1.54, 1.807) is 22.6 Å². The number of piperazine rings is 1. The molecule has 0 radical (unpaired) electrons. The summed E-state index contributed by atoms with van der Waals surface area (Å²) in [6.45, 7) is 4.16. The minimum absolute atomic E-state index is 0.0951. The Morgan fingerprint density at radius 3 is 2.51 bits per heavy atom. The minimum Gasteiger partial charge on any atom is -0.368 e. The zero-order valence-electron chi connectivity index (χ0n) is 19.3. The molecule has 5 rings (SSSR count). The topological polar surface area (TPSA) is 90.6 Å². The van der Waals surface area contributed by atoms with Crippen LogP contribution in [0.1, 0.15) is 17.5 Å². The monoisotopic (exact) mass is 601 g/mol. The Kier molecular flexibility index (Phi) is 6.22. The average Bonchev–Trinajstić information content (AvgIpc) is 3.48. The molecule has 3 heterocycles. The number of likely N-dealkylation sites (N-methyl/N-ethyl adjacent to an activating group) is 1. The van der Waals surface area contributed by atoms with Crippen molar-refractivity contribution >= 4 is 40.4 Å². The summed E-state index contributed by atoms with van der Waals surface area (Å²) in [6.07, 6.45) is -3.99. The van der Waals surface area contributed by atoms with Gasteiger partial charge < -0.3 is 25.8 Å². The molecule has 1 aromatic carbocycles. The third-order valence-electron chi connectivity index (χ3n) is 7.07. The molecule has 1 aliphatic carbocycles. The molecule has 2 atom stereocenters. The molecule has 1 saturated carbocycles. The van der Waals surface area contributed by atoms with Crippen molar-refractivity contribution in [1.82, 2.24) is 25.1 Å². The lowest BCUT2D eigenvalue weighted by Gasteiger charge is -2.33. The number of hydrogen-bond donors (Lipinski definition) is 2. The number of nitrogens with zero attached hydrogens (tertiary/aromatic N) is 5. The van der Waals surface area contributed by atoms with E-state index in [9.17, 15) is 18.0 Å². The van der Waals surface area contributed by atoms with E-state index < -0.39 is 21.7 Å². The first-order valence-electron chi connectivity index (χ1n) is 11.5. The number of benzene rings is 1. The van der Waals surface area contributed by atoms with Crippen LogP contribution >= 0.6 is 22.6 Å². The number of alkyl halides is 4. The lowest BCUT2D eigenvalue weighted by molar-refractivity contribution is -0.162. The van der Waals surface area contributed by atoms with Crippen LogP contribution < -0.4 is 16.0 Å². The fourth-order valence-corrected chi connectivity index (χ4v) is 5.88. The van der Waals surface area contributed by atoms with E-state index in [1.165, 1.54) is 4.90 Å². The molecule has 3 N–H and O–H groups in total. The lowest BCUT2D eigenvalue weighted by Crippen LogP contribution is -2.54. The summed E-state index contributed by atoms with van der Waals surface area (Å²) < 4.78 is 39.9. The van der Waals surface area contributed by atoms with Crippen molar-refractivity contribution in [3.8, 4) is 11.3 Å². The van der Waals surface area contributed by atoms with E-state index in [-0.39, 0.29) is 18.9 Å². The van der Waals surface area contributed by atoms with E-state index >= 15 is 0 Å². The van der Waals surface area contributed by atoms with E-state index in [0.717, 1.165) is 48.7 Å². The summed E-state index contributed by atoms with van der Waals surface area (Å²) >= 11 is 1.75. The Labute approximate surface area is 215 Å². The summed E-state index contributed by atoms with van der Waals surface area (Å²) in [5.74, 6) is 0.958. The fourth-order valence-electron chi connectivity index (χ4n) is 4.67. The number of aromatic nitrogens is 2. The standard InChI is InChI=1S/C23H27F3IN7O/c1-32-6-8-33(9-7-32)19-11-17(29-20(28)30-19)15-3-2-14-4-5-34(13-16(14)10-15)21(35)31-22(12-18(22)27)23(24,25)26/h2-3,10-11,18H,4-9,12-13H2,1H3,(H,31,35)(H2,28,29,30). The van der Waals surface area contributed by atoms with Gasteiger partial charge in [-0.15, -0.1) is 0 Å². The lowest BCUT2D eigenvalue weighted by atomic mass is 9.96. The van der Waals surface area contributed by atoms with Gasteiger partial charge in [0.1, 0.15) is 5.82 Å². The molecule has 3 aliphatic rings. The highest BCUT2D eigenvalue weighted by Crippen LogP contribution is 2.53. The van der Waals surface area contributed by atoms with Gasteiger partial charge in [0, 0.05) is 54.8 Å². The average molecular weight is 601 g/mol. The van der Waals surface area contributed by atoms with Crippen molar-refractivity contribution < 1.29 is 18.0 Å². The summed E-state index contributed by atoms with van der Waals surface area (Å²) in [5, 5.41) is 2.27. The smallest absolute Gasteiger partial charge is 0.368 e. The van der Waals surface area contributed by atoms with Gasteiger partial charge in [-0.1, -0.05) is 34.7 Å². The van der Waals surface area contributed by atoms with Crippen LogP contribution in [-0.4, -0.2) is 81.2 Å². The van der Waals surface area contributed by atoms with Crippen molar-refractivity contribution in [3.05, 3.63) is 35.4 Å². The molecule has 188 valence electrons. The van der Waals surface area contributed by atoms with Crippen molar-refractivity contribution in [1.29, 1.82) is 0 Å². The van der Waals surface area contributed by atoms with Crippen LogP contribution in [0.15, 0.2) is 24.3 Å². The summed E-state index contributed by atoms with van der Waals surface area (Å²) in [7, 11) is 2.08. The molecular formula is C23H27F3IN7O. The number of nitrogens with one attached hydrogen (secondary N) is 1. The van der Waals surface area contributed by atoms with Crippen molar-refractivity contribution in [3.63, 3.8) is 0 Å². The van der Waals surface area contributed by atoms with Gasteiger partial charge >= 0.3 is 12.2 Å². The highest BCUT2D eigenvalue weighted by molar-refractivity contribution is 14.1. The molecule has 0 bridgehead atoms. The predicted molar refractivity (Wildman–Crippen MR) is 135 cm³/mol. The number of nitrogen functional groups attached to an aromatic ring is 1. The second-order valence-electron chi connectivity index (χ2n) is 9.49. The molecule has 2 aromatic rings. The highest BCUT2D eigenvalue weighted by atomic mass is 127. The second kappa shape index (κ2) is 8.95. The van der Waals surface area contributed by atoms with E-state index in [4.69, 9.17) is 5.73 Å². The molecule has 12 heteroatoms. The van der Waals surface area contributed by atoms with Crippen LogP contribution in [0.3, 0.4) is 0 Å². The van der Waals surface area contributed by atoms with Gasteiger partial charge in [0.2, 0.25) is 5.95 Å². The zero-order chi connectivity index (χ0) is 25.0. The summed E-state index contributed by atoms with van der Waals surface area (Å²) in [6, 6.07) is 7.14. The Morgan fingerprint density at radius 2 is 1.86 bits per heavy atom. The number of hydrogen-bond acceptors (Lipinski definition) is 6. The van der Waals surface area contributed by atoms with Gasteiger partial charge in [-0.3, -0.25) is 0 Å². The number of anilines is 2. The number of carbonyl (C=O) groups excluding carboxylic acids is 1. The Bertz CT molecular complexity index is 1140. The number of rotatable bonds is 3. The first-order chi connectivity index (χ1) is 16.6. The molecule has 35 heavy (non-hydrogen) atoms. The number of fused-ring (bicyclic) bond motifs is 1. The van der Waals surface area contributed by atoms with E-state index in [1.807, 2.05) is 24.3 Å². The third-order valence-corrected chi connectivity index (χ3v) is 8.57. The van der Waals surface area contributed by atoms with Crippen LogP contribution in [0.5, 0.6) is 0 Å². The molecular weight excluding hydrogens is 574 g/mol. The first-order valence-corrected chi connectivity index (χ1v) is 12.8. The number of carbonyl (C=O) groups is 1. The maximum Gasteiger partial charge on any atom is 0.412 e. The molecule has 1 aromatic heterocycles. The van der Waals surface area contributed by atoms with E-state index in [2.05, 4.69) is 32.1 Å². The number of amides is 2. The fraction of sp³-hybridized carbons (Fsp3) is 0.522. The zero-order valence-corrected chi connectivity index (χ0v) is 21.4. The van der Waals surface area contributed by atoms with Gasteiger partial charge in [0.15, 0.2) is 5.54 Å². The van der Waals surface area contributed by atoms with Crippen molar-refractivity contribution in [2.24, 2.45) is 0 Å². The van der Waals surface area contributed by atoms with E-state index in [0.29, 0.717) is 18.7 Å². The third kappa shape index (κ3) is 4.74. The normalized spacial score (nSPS) is 24.8. The van der Waals surface area contributed by atoms with Gasteiger partial charge in [0.05, 0.1) is 5.69 Å². The van der Waals surface area contributed by atoms with Crippen molar-refractivity contribution in [2.45, 2.75) is 35.0 Å². The van der Waals surface area contributed by atoms with Crippen LogP contribution in [0.4, 0.5) is 29.7 Å². The largest absolute Gasteiger partial charge is 0.412 e. The predicted octanol–water partition coefficient (Wildman–Crippen LogP) is 3.05. The molecule has 2 fully saturated rings. The number of nitrogens with two attached hydrogens (primary N) is 1. The van der Waals surface area contributed by atoms with Crippen LogP contribution in [0.2, 0.25) is 0 Å². The highest BCUT2D eigenvalue weighted by Gasteiger charge is 2.71. The van der Waals surface area contributed by atoms with Crippen LogP contribution in [-0.2, 0) is 13.0 Å². The maximum atomic E-state index is 13.5. The molecule has 2 unspecified atom stereocenters. The summed E-state index contributed by atoms with van der Waals surface area (Å²) in [5.41, 5.74) is 7.38. The number of urea groups is 1. The Hall–Kier alpha value is -2.35. The van der Waals surface area contributed by atoms with Crippen LogP contribution in [0.25, 0.3) is 11.3 Å². The second-order valence-corrected chi connectivity index (χ2v) is 11.0. The molecule has 1 saturated heterocycles. The van der Waals surface area contributed by atoms with Gasteiger partial charge in [-0.25, -0.2) is 9.78 Å². The quantitative estimate of drug-likeness (QED) is 0.416. The minimum atomic E-state index is -4.47. The van der Waals surface area contributed by atoms with Gasteiger partial charge in [-0.2, -0.15) is 18.2 Å². The number of halogens is 4. The molecule has 0 spiro atoms. The molecule has 2 amide bonds. The van der Waals surface area contributed by atoms with Crippen LogP contribution in [0, 0.1) is 0 Å². The van der Waals surface area contributed by atoms with Gasteiger partial charge in [0.25, 0.3) is 0 Å². The molecule has 8 nitrogen and oxygen atoms in total. The summed E-state index contributed by atoms with van der Waals surface area (Å²) in [4.78, 5) is 27.5. The van der Waals surface area contributed by atoms with Crippen molar-refractivity contribution in [2.75, 3.05) is 50.4 Å².